The van der Waals surface area contributed by atoms with E-state index in [0.29, 0.717) is 5.02 Å². The molecule has 1 nitrogen and oxygen atoms in total. The number of benzene rings is 2. The van der Waals surface area contributed by atoms with Crippen molar-refractivity contribution in [1.29, 1.82) is 0 Å². The van der Waals surface area contributed by atoms with E-state index in [1.807, 2.05) is 30.3 Å². The fraction of sp³-hybridized carbons (Fsp3) is 0.294. The summed E-state index contributed by atoms with van der Waals surface area (Å²) in [5.74, 6) is 0. The molecule has 0 bridgehead atoms. The average molecular weight is 273 g/mol. The lowest BCUT2D eigenvalue weighted by atomic mass is 9.88. The van der Waals surface area contributed by atoms with Gasteiger partial charge in [-0.05, 0) is 48.4 Å². The van der Waals surface area contributed by atoms with Gasteiger partial charge < -0.3 is 5.11 Å². The van der Waals surface area contributed by atoms with Crippen LogP contribution in [0, 0.1) is 0 Å². The number of rotatable bonds is 2. The Labute approximate surface area is 118 Å². The fourth-order valence-corrected chi connectivity index (χ4v) is 3.04. The summed E-state index contributed by atoms with van der Waals surface area (Å²) in [7, 11) is 0. The number of fused-ring (bicyclic) bond motifs is 1. The first-order valence-electron chi connectivity index (χ1n) is 6.80. The minimum absolute atomic E-state index is 0.618. The van der Waals surface area contributed by atoms with Crippen molar-refractivity contribution in [2.45, 2.75) is 31.8 Å². The molecule has 98 valence electrons. The summed E-state index contributed by atoms with van der Waals surface area (Å²) in [6.45, 7) is 0. The normalized spacial score (nSPS) is 15.9. The van der Waals surface area contributed by atoms with Crippen molar-refractivity contribution in [1.82, 2.24) is 0 Å². The maximum Gasteiger partial charge on any atom is 0.105 e. The van der Waals surface area contributed by atoms with Crippen molar-refractivity contribution in [3.8, 4) is 0 Å². The maximum atomic E-state index is 10.5. The highest BCUT2D eigenvalue weighted by Gasteiger charge is 2.16. The number of aliphatic hydroxyl groups excluding tert-OH is 1. The van der Waals surface area contributed by atoms with Crippen LogP contribution in [0.3, 0.4) is 0 Å². The molecule has 19 heavy (non-hydrogen) atoms. The zero-order chi connectivity index (χ0) is 13.2. The average Bonchev–Trinajstić information content (AvgIpc) is 2.46. The Balaban J connectivity index is 1.96. The molecule has 2 heteroatoms. The molecule has 2 aromatic carbocycles. The van der Waals surface area contributed by atoms with Gasteiger partial charge >= 0.3 is 0 Å². The van der Waals surface area contributed by atoms with Crippen LogP contribution in [0.1, 0.15) is 41.2 Å². The van der Waals surface area contributed by atoms with Crippen LogP contribution in [0.15, 0.2) is 42.5 Å². The molecule has 1 unspecified atom stereocenters. The first-order chi connectivity index (χ1) is 9.25. The second-order valence-corrected chi connectivity index (χ2v) is 5.57. The van der Waals surface area contributed by atoms with Gasteiger partial charge in [-0.1, -0.05) is 48.0 Å². The molecule has 3 rings (SSSR count). The molecule has 0 aliphatic heterocycles. The third-order valence-electron chi connectivity index (χ3n) is 3.89. The monoisotopic (exact) mass is 272 g/mol. The molecular formula is C17H17ClO. The van der Waals surface area contributed by atoms with Gasteiger partial charge in [0.2, 0.25) is 0 Å². The number of hydrogen-bond acceptors (Lipinski definition) is 1. The van der Waals surface area contributed by atoms with E-state index >= 15 is 0 Å². The molecule has 0 saturated carbocycles. The van der Waals surface area contributed by atoms with Crippen LogP contribution in [0.2, 0.25) is 5.02 Å². The largest absolute Gasteiger partial charge is 0.384 e. The summed E-state index contributed by atoms with van der Waals surface area (Å²) >= 11 is 6.15. The molecule has 0 heterocycles. The molecular weight excluding hydrogens is 256 g/mol. The lowest BCUT2D eigenvalue weighted by Crippen LogP contribution is -2.06. The molecule has 1 aliphatic carbocycles. The van der Waals surface area contributed by atoms with E-state index in [4.69, 9.17) is 11.6 Å². The van der Waals surface area contributed by atoms with Crippen LogP contribution < -0.4 is 0 Å². The van der Waals surface area contributed by atoms with Gasteiger partial charge in [0.05, 0.1) is 0 Å². The molecule has 2 aromatic rings. The van der Waals surface area contributed by atoms with Crippen molar-refractivity contribution in [2.75, 3.05) is 0 Å². The molecule has 0 amide bonds. The number of aryl methyl sites for hydroxylation is 2. The molecule has 1 N–H and O–H groups in total. The molecule has 1 aliphatic rings. The van der Waals surface area contributed by atoms with Crippen molar-refractivity contribution in [2.24, 2.45) is 0 Å². The zero-order valence-corrected chi connectivity index (χ0v) is 11.5. The number of hydrogen-bond donors (Lipinski definition) is 1. The summed E-state index contributed by atoms with van der Waals surface area (Å²) in [6.07, 6.45) is 4.18. The predicted molar refractivity (Wildman–Crippen MR) is 78.6 cm³/mol. The van der Waals surface area contributed by atoms with E-state index in [1.165, 1.54) is 24.0 Å². The van der Waals surface area contributed by atoms with E-state index in [2.05, 4.69) is 12.1 Å². The van der Waals surface area contributed by atoms with Crippen LogP contribution in [-0.4, -0.2) is 5.11 Å². The summed E-state index contributed by atoms with van der Waals surface area (Å²) in [6, 6.07) is 13.8. The lowest BCUT2D eigenvalue weighted by Gasteiger charge is -2.19. The quantitative estimate of drug-likeness (QED) is 0.864. The van der Waals surface area contributed by atoms with Gasteiger partial charge in [-0.3, -0.25) is 0 Å². The van der Waals surface area contributed by atoms with E-state index in [1.54, 1.807) is 0 Å². The Morgan fingerprint density at radius 1 is 0.947 bits per heavy atom. The van der Waals surface area contributed by atoms with Gasteiger partial charge in [0.25, 0.3) is 0 Å². The summed E-state index contributed by atoms with van der Waals surface area (Å²) < 4.78 is 0. The smallest absolute Gasteiger partial charge is 0.105 e. The molecule has 0 aromatic heterocycles. The van der Waals surface area contributed by atoms with Crippen molar-refractivity contribution >= 4 is 11.6 Å². The van der Waals surface area contributed by atoms with Gasteiger partial charge in [0, 0.05) is 10.6 Å². The highest BCUT2D eigenvalue weighted by molar-refractivity contribution is 6.31. The minimum Gasteiger partial charge on any atom is -0.384 e. The summed E-state index contributed by atoms with van der Waals surface area (Å²) in [5, 5.41) is 11.1. The first kappa shape index (κ1) is 12.7. The molecule has 0 radical (unpaired) electrons. The molecule has 0 spiro atoms. The SMILES string of the molecule is OC(c1ccc2c(c1)CCCC2)c1ccccc1Cl. The zero-order valence-electron chi connectivity index (χ0n) is 10.8. The molecule has 1 atom stereocenters. The van der Waals surface area contributed by atoms with Gasteiger partial charge in [0.1, 0.15) is 6.10 Å². The van der Waals surface area contributed by atoms with Crippen LogP contribution >= 0.6 is 11.6 Å². The Morgan fingerprint density at radius 3 is 2.47 bits per heavy atom. The summed E-state index contributed by atoms with van der Waals surface area (Å²) in [5.41, 5.74) is 4.53. The number of halogens is 1. The fourth-order valence-electron chi connectivity index (χ4n) is 2.80. The van der Waals surface area contributed by atoms with Crippen LogP contribution in [0.4, 0.5) is 0 Å². The van der Waals surface area contributed by atoms with Crippen LogP contribution in [-0.2, 0) is 12.8 Å². The second kappa shape index (κ2) is 5.36. The Hall–Kier alpha value is -1.31. The van der Waals surface area contributed by atoms with Gasteiger partial charge in [-0.2, -0.15) is 0 Å². The highest BCUT2D eigenvalue weighted by atomic mass is 35.5. The first-order valence-corrected chi connectivity index (χ1v) is 7.17. The Morgan fingerprint density at radius 2 is 1.68 bits per heavy atom. The second-order valence-electron chi connectivity index (χ2n) is 5.16. The minimum atomic E-state index is -0.638. The number of aliphatic hydroxyl groups is 1. The van der Waals surface area contributed by atoms with Gasteiger partial charge in [-0.25, -0.2) is 0 Å². The van der Waals surface area contributed by atoms with Crippen LogP contribution in [0.25, 0.3) is 0 Å². The van der Waals surface area contributed by atoms with Crippen molar-refractivity contribution < 1.29 is 5.11 Å². The van der Waals surface area contributed by atoms with E-state index in [-0.39, 0.29) is 0 Å². The Kier molecular flexibility index (Phi) is 3.58. The maximum absolute atomic E-state index is 10.5. The van der Waals surface area contributed by atoms with E-state index < -0.39 is 6.10 Å². The molecule has 0 fully saturated rings. The lowest BCUT2D eigenvalue weighted by molar-refractivity contribution is 0.220. The topological polar surface area (TPSA) is 20.2 Å². The standard InChI is InChI=1S/C17H17ClO/c18-16-8-4-3-7-15(16)17(19)14-10-9-12-5-1-2-6-13(12)11-14/h3-4,7-11,17,19H,1-2,5-6H2. The van der Waals surface area contributed by atoms with Gasteiger partial charge in [-0.15, -0.1) is 0 Å². The van der Waals surface area contributed by atoms with Crippen molar-refractivity contribution in [3.63, 3.8) is 0 Å². The Bertz CT molecular complexity index is 592. The van der Waals surface area contributed by atoms with Gasteiger partial charge in [0.15, 0.2) is 0 Å². The summed E-state index contributed by atoms with van der Waals surface area (Å²) in [4.78, 5) is 0. The predicted octanol–water partition coefficient (Wildman–Crippen LogP) is 4.30. The van der Waals surface area contributed by atoms with E-state index in [0.717, 1.165) is 24.0 Å². The van der Waals surface area contributed by atoms with Crippen LogP contribution in [0.5, 0.6) is 0 Å². The third-order valence-corrected chi connectivity index (χ3v) is 4.23. The van der Waals surface area contributed by atoms with E-state index in [9.17, 15) is 5.11 Å². The third kappa shape index (κ3) is 2.54. The highest BCUT2D eigenvalue weighted by Crippen LogP contribution is 2.30. The van der Waals surface area contributed by atoms with Crippen molar-refractivity contribution in [3.05, 3.63) is 69.7 Å². The molecule has 0 saturated heterocycles.